The van der Waals surface area contributed by atoms with E-state index in [9.17, 15) is 28.0 Å². The first-order valence-corrected chi connectivity index (χ1v) is 11.5. The number of amides is 3. The van der Waals surface area contributed by atoms with Crippen LogP contribution in [0.4, 0.5) is 13.6 Å². The van der Waals surface area contributed by atoms with Crippen LogP contribution in [0.2, 0.25) is 0 Å². The Morgan fingerprint density at radius 1 is 1.12 bits per heavy atom. The number of methoxy groups -OCH3 is 1. The number of alkyl halides is 2. The summed E-state index contributed by atoms with van der Waals surface area (Å²) in [4.78, 5) is 49.3. The van der Waals surface area contributed by atoms with Gasteiger partial charge in [-0.15, -0.1) is 0 Å². The number of hydrogen-bond donors (Lipinski definition) is 3. The summed E-state index contributed by atoms with van der Waals surface area (Å²) in [5, 5.41) is 7.80. The molecule has 1 heterocycles. The molecule has 9 nitrogen and oxygen atoms in total. The summed E-state index contributed by atoms with van der Waals surface area (Å²) in [5.74, 6) is -4.63. The van der Waals surface area contributed by atoms with E-state index in [1.807, 2.05) is 13.8 Å². The topological polar surface area (TPSA) is 123 Å². The molecule has 0 aromatic heterocycles. The highest BCUT2D eigenvalue weighted by molar-refractivity contribution is 5.90. The van der Waals surface area contributed by atoms with Crippen molar-refractivity contribution in [3.8, 4) is 0 Å². The molecule has 0 unspecified atom stereocenters. The highest BCUT2D eigenvalue weighted by Crippen LogP contribution is 2.36. The molecule has 0 aromatic rings. The molecule has 2 rings (SSSR count). The van der Waals surface area contributed by atoms with Crippen molar-refractivity contribution >= 4 is 23.9 Å². The van der Waals surface area contributed by atoms with Crippen molar-refractivity contribution in [3.63, 3.8) is 0 Å². The van der Waals surface area contributed by atoms with Crippen LogP contribution < -0.4 is 16.0 Å². The Kier molecular flexibility index (Phi) is 9.85. The third kappa shape index (κ3) is 8.77. The molecule has 1 saturated carbocycles. The van der Waals surface area contributed by atoms with Crippen molar-refractivity contribution in [2.24, 2.45) is 17.8 Å². The van der Waals surface area contributed by atoms with E-state index in [1.165, 1.54) is 7.11 Å². The molecule has 33 heavy (non-hydrogen) atoms. The zero-order valence-corrected chi connectivity index (χ0v) is 19.5. The van der Waals surface area contributed by atoms with Crippen LogP contribution in [0, 0.1) is 17.8 Å². The van der Waals surface area contributed by atoms with Crippen molar-refractivity contribution in [2.75, 3.05) is 20.3 Å². The van der Waals surface area contributed by atoms with Gasteiger partial charge in [0.05, 0.1) is 13.7 Å². The average molecular weight is 476 g/mol. The lowest BCUT2D eigenvalue weighted by Gasteiger charge is -2.28. The van der Waals surface area contributed by atoms with Crippen LogP contribution in [0.5, 0.6) is 0 Å². The Labute approximate surface area is 192 Å². The molecule has 0 aromatic carbocycles. The second-order valence-electron chi connectivity index (χ2n) is 9.32. The molecule has 2 fully saturated rings. The maximum absolute atomic E-state index is 13.3. The summed E-state index contributed by atoms with van der Waals surface area (Å²) in [6, 6.07) is -2.01. The largest absolute Gasteiger partial charge is 0.467 e. The van der Waals surface area contributed by atoms with Crippen molar-refractivity contribution in [1.82, 2.24) is 16.0 Å². The first-order valence-electron chi connectivity index (χ1n) is 11.5. The molecule has 3 amide bonds. The Bertz CT molecular complexity index is 708. The van der Waals surface area contributed by atoms with E-state index in [0.29, 0.717) is 13.0 Å². The maximum Gasteiger partial charge on any atom is 0.407 e. The zero-order valence-electron chi connectivity index (χ0n) is 19.5. The van der Waals surface area contributed by atoms with Crippen LogP contribution in [0.3, 0.4) is 0 Å². The van der Waals surface area contributed by atoms with Gasteiger partial charge in [-0.05, 0) is 43.9 Å². The molecular weight excluding hydrogens is 440 g/mol. The zero-order chi connectivity index (χ0) is 24.6. The van der Waals surface area contributed by atoms with Crippen molar-refractivity contribution in [3.05, 3.63) is 0 Å². The van der Waals surface area contributed by atoms with Gasteiger partial charge >= 0.3 is 12.1 Å². The molecule has 3 N–H and O–H groups in total. The van der Waals surface area contributed by atoms with Crippen molar-refractivity contribution < 1.29 is 37.4 Å². The Balaban J connectivity index is 1.92. The molecule has 2 aliphatic rings. The van der Waals surface area contributed by atoms with Gasteiger partial charge in [0, 0.05) is 25.3 Å². The first kappa shape index (κ1) is 26.8. The molecule has 3 atom stereocenters. The Morgan fingerprint density at radius 3 is 2.33 bits per heavy atom. The highest BCUT2D eigenvalue weighted by Gasteiger charge is 2.36. The molecule has 1 aliphatic heterocycles. The molecule has 188 valence electrons. The van der Waals surface area contributed by atoms with E-state index in [4.69, 9.17) is 9.47 Å². The highest BCUT2D eigenvalue weighted by atomic mass is 19.3. The van der Waals surface area contributed by atoms with Crippen LogP contribution in [0.15, 0.2) is 0 Å². The molecule has 0 bridgehead atoms. The molecule has 1 saturated heterocycles. The fourth-order valence-electron chi connectivity index (χ4n) is 4.13. The molecule has 1 aliphatic carbocycles. The molecule has 0 spiro atoms. The number of esters is 1. The fraction of sp³-hybridized carbons (Fsp3) is 0.818. The van der Waals surface area contributed by atoms with Crippen LogP contribution >= 0.6 is 0 Å². The van der Waals surface area contributed by atoms with Crippen molar-refractivity contribution in [1.29, 1.82) is 0 Å². The number of rotatable bonds is 10. The Morgan fingerprint density at radius 2 is 1.79 bits per heavy atom. The minimum atomic E-state index is -2.66. The molecular formula is C22H35F2N3O6. The van der Waals surface area contributed by atoms with Crippen LogP contribution in [-0.2, 0) is 23.9 Å². The normalized spacial score (nSPS) is 22.2. The van der Waals surface area contributed by atoms with Gasteiger partial charge in [-0.25, -0.2) is 18.4 Å². The quantitative estimate of drug-likeness (QED) is 0.416. The lowest BCUT2D eigenvalue weighted by Crippen LogP contribution is -2.53. The fourth-order valence-corrected chi connectivity index (χ4v) is 4.13. The maximum atomic E-state index is 13.3. The minimum Gasteiger partial charge on any atom is -0.467 e. The van der Waals surface area contributed by atoms with Gasteiger partial charge in [0.1, 0.15) is 12.1 Å². The SMILES string of the molecule is COC(=O)[C@H](C[C@@H]1CCNC1=O)NC(=O)[C@H](CC(C)C)NC(=O)OCC1CCC(F)(F)CC1. The van der Waals surface area contributed by atoms with E-state index in [-0.39, 0.29) is 62.9 Å². The minimum absolute atomic E-state index is 0.000488. The van der Waals surface area contributed by atoms with E-state index in [2.05, 4.69) is 16.0 Å². The number of carbonyl (C=O) groups excluding carboxylic acids is 4. The van der Waals surface area contributed by atoms with Gasteiger partial charge in [0.25, 0.3) is 0 Å². The van der Waals surface area contributed by atoms with E-state index >= 15 is 0 Å². The van der Waals surface area contributed by atoms with Gasteiger partial charge in [-0.1, -0.05) is 13.8 Å². The lowest BCUT2D eigenvalue weighted by atomic mass is 9.87. The standard InChI is InChI=1S/C22H35F2N3O6/c1-13(2)10-16(27-21(31)33-12-14-4-7-22(23,24)8-5-14)19(29)26-17(20(30)32-3)11-15-6-9-25-18(15)28/h13-17H,4-12H2,1-3H3,(H,25,28)(H,26,29)(H,27,31)/t15-,16-,17-/m0/s1. The van der Waals surface area contributed by atoms with Gasteiger partial charge in [-0.3, -0.25) is 9.59 Å². The van der Waals surface area contributed by atoms with E-state index < -0.39 is 41.9 Å². The van der Waals surface area contributed by atoms with E-state index in [0.717, 1.165) is 0 Å². The number of hydrogen-bond acceptors (Lipinski definition) is 6. The van der Waals surface area contributed by atoms with Crippen LogP contribution in [-0.4, -0.2) is 62.1 Å². The second-order valence-corrected chi connectivity index (χ2v) is 9.32. The monoisotopic (exact) mass is 475 g/mol. The van der Waals surface area contributed by atoms with Gasteiger partial charge in [0.15, 0.2) is 0 Å². The summed E-state index contributed by atoms with van der Waals surface area (Å²) < 4.78 is 36.5. The lowest BCUT2D eigenvalue weighted by molar-refractivity contribution is -0.146. The number of carbonyl (C=O) groups is 4. The predicted octanol–water partition coefficient (Wildman–Crippen LogP) is 2.14. The van der Waals surface area contributed by atoms with Crippen molar-refractivity contribution in [2.45, 2.75) is 76.8 Å². The third-order valence-electron chi connectivity index (χ3n) is 6.09. The van der Waals surface area contributed by atoms with Crippen LogP contribution in [0.1, 0.15) is 58.8 Å². The number of alkyl carbamates (subject to hydrolysis) is 1. The summed E-state index contributed by atoms with van der Waals surface area (Å²) in [6.45, 7) is 4.25. The summed E-state index contributed by atoms with van der Waals surface area (Å²) in [7, 11) is 1.19. The smallest absolute Gasteiger partial charge is 0.407 e. The average Bonchev–Trinajstić information content (AvgIpc) is 3.15. The second kappa shape index (κ2) is 12.1. The van der Waals surface area contributed by atoms with Gasteiger partial charge in [-0.2, -0.15) is 0 Å². The van der Waals surface area contributed by atoms with Gasteiger partial charge in [0.2, 0.25) is 17.7 Å². The van der Waals surface area contributed by atoms with Crippen LogP contribution in [0.25, 0.3) is 0 Å². The third-order valence-corrected chi connectivity index (χ3v) is 6.09. The first-order chi connectivity index (χ1) is 15.5. The molecule has 11 heteroatoms. The number of halogens is 2. The number of nitrogens with one attached hydrogen (secondary N) is 3. The summed E-state index contributed by atoms with van der Waals surface area (Å²) in [5.41, 5.74) is 0. The van der Waals surface area contributed by atoms with E-state index in [1.54, 1.807) is 0 Å². The number of ether oxygens (including phenoxy) is 2. The Hall–Kier alpha value is -2.46. The predicted molar refractivity (Wildman–Crippen MR) is 114 cm³/mol. The molecule has 0 radical (unpaired) electrons. The van der Waals surface area contributed by atoms with Gasteiger partial charge < -0.3 is 25.4 Å². The summed E-state index contributed by atoms with van der Waals surface area (Å²) >= 11 is 0. The summed E-state index contributed by atoms with van der Waals surface area (Å²) in [6.07, 6.45) is 0.193.